The molecule has 1 aromatic carbocycles. The summed E-state index contributed by atoms with van der Waals surface area (Å²) in [5, 5.41) is 2.92. The number of carbonyl (C=O) groups excluding carboxylic acids is 1. The molecule has 0 aliphatic carbocycles. The van der Waals surface area contributed by atoms with Crippen LogP contribution < -0.4 is 5.32 Å². The summed E-state index contributed by atoms with van der Waals surface area (Å²) in [4.78, 5) is 11.4. The standard InChI is InChI=1S/C11H15NO3/c1-3-15-11(13)10(14-2)12-9-7-5-4-6-8-9/h4-8,10,12H,3H2,1-2H3. The lowest BCUT2D eigenvalue weighted by atomic mass is 10.3. The lowest BCUT2D eigenvalue weighted by Crippen LogP contribution is -2.33. The highest BCUT2D eigenvalue weighted by molar-refractivity contribution is 5.77. The molecule has 15 heavy (non-hydrogen) atoms. The second-order valence-electron chi connectivity index (χ2n) is 2.88. The van der Waals surface area contributed by atoms with E-state index in [1.807, 2.05) is 30.3 Å². The Balaban J connectivity index is 2.58. The van der Waals surface area contributed by atoms with E-state index in [1.54, 1.807) is 6.92 Å². The fourth-order valence-corrected chi connectivity index (χ4v) is 1.12. The molecule has 1 rings (SSSR count). The third-order valence-electron chi connectivity index (χ3n) is 1.81. The summed E-state index contributed by atoms with van der Waals surface area (Å²) in [6.07, 6.45) is -0.757. The predicted molar refractivity (Wildman–Crippen MR) is 57.5 cm³/mol. The maximum atomic E-state index is 11.4. The fraction of sp³-hybridized carbons (Fsp3) is 0.364. The maximum Gasteiger partial charge on any atom is 0.356 e. The van der Waals surface area contributed by atoms with Gasteiger partial charge in [-0.25, -0.2) is 4.79 Å². The number of carbonyl (C=O) groups is 1. The van der Waals surface area contributed by atoms with Gasteiger partial charge in [0.1, 0.15) is 0 Å². The van der Waals surface area contributed by atoms with Crippen molar-refractivity contribution in [3.8, 4) is 0 Å². The largest absolute Gasteiger partial charge is 0.463 e. The third-order valence-corrected chi connectivity index (χ3v) is 1.81. The number of hydrogen-bond acceptors (Lipinski definition) is 4. The Bertz CT molecular complexity index is 300. The Morgan fingerprint density at radius 1 is 1.40 bits per heavy atom. The van der Waals surface area contributed by atoms with Crippen molar-refractivity contribution in [3.63, 3.8) is 0 Å². The fourth-order valence-electron chi connectivity index (χ4n) is 1.12. The van der Waals surface area contributed by atoms with E-state index in [0.717, 1.165) is 5.69 Å². The molecule has 4 heteroatoms. The average Bonchev–Trinajstić information content (AvgIpc) is 2.27. The lowest BCUT2D eigenvalue weighted by molar-refractivity contribution is -0.153. The molecular weight excluding hydrogens is 194 g/mol. The molecule has 4 nitrogen and oxygen atoms in total. The number of esters is 1. The number of methoxy groups -OCH3 is 1. The van der Waals surface area contributed by atoms with Crippen LogP contribution in [0.4, 0.5) is 5.69 Å². The molecule has 0 fully saturated rings. The summed E-state index contributed by atoms with van der Waals surface area (Å²) in [6.45, 7) is 2.10. The number of rotatable bonds is 5. The molecule has 0 aliphatic heterocycles. The third kappa shape index (κ3) is 3.59. The minimum atomic E-state index is -0.757. The van der Waals surface area contributed by atoms with Crippen LogP contribution in [-0.2, 0) is 14.3 Å². The Hall–Kier alpha value is -1.55. The van der Waals surface area contributed by atoms with Gasteiger partial charge in [-0.1, -0.05) is 18.2 Å². The first-order valence-corrected chi connectivity index (χ1v) is 4.79. The predicted octanol–water partition coefficient (Wildman–Crippen LogP) is 1.63. The minimum absolute atomic E-state index is 0.342. The molecule has 0 spiro atoms. The van der Waals surface area contributed by atoms with Crippen molar-refractivity contribution in [2.75, 3.05) is 19.0 Å². The molecule has 0 amide bonds. The van der Waals surface area contributed by atoms with E-state index in [9.17, 15) is 4.79 Å². The zero-order valence-corrected chi connectivity index (χ0v) is 8.90. The Labute approximate surface area is 89.2 Å². The Morgan fingerprint density at radius 3 is 2.60 bits per heavy atom. The monoisotopic (exact) mass is 209 g/mol. The van der Waals surface area contributed by atoms with E-state index in [1.165, 1.54) is 7.11 Å². The molecule has 0 heterocycles. The summed E-state index contributed by atoms with van der Waals surface area (Å²) >= 11 is 0. The highest BCUT2D eigenvalue weighted by Gasteiger charge is 2.18. The van der Waals surface area contributed by atoms with Crippen molar-refractivity contribution in [3.05, 3.63) is 30.3 Å². The van der Waals surface area contributed by atoms with Gasteiger partial charge in [0.25, 0.3) is 0 Å². The Kier molecular flexibility index (Phi) is 4.63. The van der Waals surface area contributed by atoms with Crippen LogP contribution >= 0.6 is 0 Å². The van der Waals surface area contributed by atoms with E-state index in [-0.39, 0.29) is 0 Å². The zero-order valence-electron chi connectivity index (χ0n) is 8.90. The van der Waals surface area contributed by atoms with Crippen molar-refractivity contribution < 1.29 is 14.3 Å². The SMILES string of the molecule is CCOC(=O)C(Nc1ccccc1)OC. The van der Waals surface area contributed by atoms with Gasteiger partial charge in [0.2, 0.25) is 6.23 Å². The second kappa shape index (κ2) is 6.03. The number of para-hydroxylation sites is 1. The normalized spacial score (nSPS) is 11.9. The summed E-state index contributed by atoms with van der Waals surface area (Å²) in [5.74, 6) is -0.413. The highest BCUT2D eigenvalue weighted by Crippen LogP contribution is 2.08. The van der Waals surface area contributed by atoms with Crippen LogP contribution in [0.3, 0.4) is 0 Å². The summed E-state index contributed by atoms with van der Waals surface area (Å²) in [7, 11) is 1.46. The zero-order chi connectivity index (χ0) is 11.1. The minimum Gasteiger partial charge on any atom is -0.463 e. The van der Waals surface area contributed by atoms with Gasteiger partial charge in [0.15, 0.2) is 0 Å². The first-order chi connectivity index (χ1) is 7.27. The quantitative estimate of drug-likeness (QED) is 0.591. The van der Waals surface area contributed by atoms with Crippen LogP contribution in [0.15, 0.2) is 30.3 Å². The van der Waals surface area contributed by atoms with E-state index in [2.05, 4.69) is 5.32 Å². The summed E-state index contributed by atoms with van der Waals surface area (Å²) in [5.41, 5.74) is 0.817. The molecule has 1 aromatic rings. The van der Waals surface area contributed by atoms with E-state index >= 15 is 0 Å². The number of hydrogen-bond donors (Lipinski definition) is 1. The molecule has 1 atom stereocenters. The van der Waals surface area contributed by atoms with Gasteiger partial charge in [0.05, 0.1) is 6.61 Å². The van der Waals surface area contributed by atoms with Gasteiger partial charge in [0, 0.05) is 12.8 Å². The molecular formula is C11H15NO3. The highest BCUT2D eigenvalue weighted by atomic mass is 16.6. The van der Waals surface area contributed by atoms with Crippen molar-refractivity contribution in [2.45, 2.75) is 13.2 Å². The number of nitrogens with one attached hydrogen (secondary N) is 1. The molecule has 0 aliphatic rings. The summed E-state index contributed by atoms with van der Waals surface area (Å²) < 4.78 is 9.82. The van der Waals surface area contributed by atoms with Crippen molar-refractivity contribution in [2.24, 2.45) is 0 Å². The number of ether oxygens (including phenoxy) is 2. The van der Waals surface area contributed by atoms with E-state index < -0.39 is 12.2 Å². The molecule has 0 saturated carbocycles. The topological polar surface area (TPSA) is 47.6 Å². The molecule has 0 aromatic heterocycles. The van der Waals surface area contributed by atoms with Crippen molar-refractivity contribution in [1.29, 1.82) is 0 Å². The van der Waals surface area contributed by atoms with Gasteiger partial charge in [-0.15, -0.1) is 0 Å². The van der Waals surface area contributed by atoms with Crippen LogP contribution in [0, 0.1) is 0 Å². The van der Waals surface area contributed by atoms with Crippen LogP contribution in [-0.4, -0.2) is 25.9 Å². The average molecular weight is 209 g/mol. The first-order valence-electron chi connectivity index (χ1n) is 4.79. The molecule has 82 valence electrons. The molecule has 1 N–H and O–H groups in total. The summed E-state index contributed by atoms with van der Waals surface area (Å²) in [6, 6.07) is 9.36. The van der Waals surface area contributed by atoms with Gasteiger partial charge in [-0.3, -0.25) is 0 Å². The van der Waals surface area contributed by atoms with E-state index in [0.29, 0.717) is 6.61 Å². The molecule has 0 radical (unpaired) electrons. The number of benzene rings is 1. The van der Waals surface area contributed by atoms with Crippen LogP contribution in [0.2, 0.25) is 0 Å². The maximum absolute atomic E-state index is 11.4. The second-order valence-corrected chi connectivity index (χ2v) is 2.88. The van der Waals surface area contributed by atoms with Crippen LogP contribution in [0.5, 0.6) is 0 Å². The first kappa shape index (κ1) is 11.5. The van der Waals surface area contributed by atoms with Gasteiger partial charge in [-0.05, 0) is 19.1 Å². The van der Waals surface area contributed by atoms with Crippen LogP contribution in [0.1, 0.15) is 6.92 Å². The van der Waals surface area contributed by atoms with Crippen molar-refractivity contribution >= 4 is 11.7 Å². The molecule has 0 bridgehead atoms. The smallest absolute Gasteiger partial charge is 0.356 e. The van der Waals surface area contributed by atoms with E-state index in [4.69, 9.17) is 9.47 Å². The van der Waals surface area contributed by atoms with Gasteiger partial charge >= 0.3 is 5.97 Å². The van der Waals surface area contributed by atoms with Crippen molar-refractivity contribution in [1.82, 2.24) is 0 Å². The van der Waals surface area contributed by atoms with Gasteiger partial charge < -0.3 is 14.8 Å². The lowest BCUT2D eigenvalue weighted by Gasteiger charge is -2.16. The van der Waals surface area contributed by atoms with Gasteiger partial charge in [-0.2, -0.15) is 0 Å². The Morgan fingerprint density at radius 2 is 2.07 bits per heavy atom. The molecule has 0 saturated heterocycles. The molecule has 1 unspecified atom stereocenters. The number of anilines is 1. The van der Waals surface area contributed by atoms with Crippen LogP contribution in [0.25, 0.3) is 0 Å².